The molecule has 1 saturated carbocycles. The topological polar surface area (TPSA) is 43.8 Å². The van der Waals surface area contributed by atoms with Crippen LogP contribution in [0.1, 0.15) is 25.7 Å². The molecule has 0 saturated heterocycles. The third-order valence-electron chi connectivity index (χ3n) is 4.21. The number of aromatic nitrogens is 2. The number of nitrogens with zero attached hydrogens (tertiary/aromatic N) is 2. The second-order valence-corrected chi connectivity index (χ2v) is 7.53. The summed E-state index contributed by atoms with van der Waals surface area (Å²) in [5, 5.41) is 0. The highest BCUT2D eigenvalue weighted by Crippen LogP contribution is 2.42. The predicted molar refractivity (Wildman–Crippen MR) is 86.5 cm³/mol. The number of benzene rings is 1. The maximum atomic E-state index is 13.6. The summed E-state index contributed by atoms with van der Waals surface area (Å²) in [4.78, 5) is 4.29. The van der Waals surface area contributed by atoms with Crippen molar-refractivity contribution in [3.63, 3.8) is 0 Å². The molecule has 6 heteroatoms. The summed E-state index contributed by atoms with van der Waals surface area (Å²) >= 11 is 5.15. The van der Waals surface area contributed by atoms with Gasteiger partial charge in [0.2, 0.25) is 5.95 Å². The summed E-state index contributed by atoms with van der Waals surface area (Å²) in [6.45, 7) is 0.842. The summed E-state index contributed by atoms with van der Waals surface area (Å²) < 4.78 is 16.3. The van der Waals surface area contributed by atoms with Crippen molar-refractivity contribution in [2.45, 2.75) is 37.0 Å². The molecule has 3 rings (SSSR count). The predicted octanol–water partition coefficient (Wildman–Crippen LogP) is 4.20. The highest BCUT2D eigenvalue weighted by Gasteiger charge is 2.34. The summed E-state index contributed by atoms with van der Waals surface area (Å²) in [7, 11) is 0. The first-order valence-corrected chi connectivity index (χ1v) is 8.72. The highest BCUT2D eigenvalue weighted by molar-refractivity contribution is 9.10. The number of hydrogen-bond acceptors (Lipinski definition) is 3. The Morgan fingerprint density at radius 3 is 2.80 bits per heavy atom. The normalized spacial score (nSPS) is 17.9. The van der Waals surface area contributed by atoms with Gasteiger partial charge in [-0.15, -0.1) is 0 Å². The third-order valence-corrected chi connectivity index (χ3v) is 6.22. The van der Waals surface area contributed by atoms with E-state index in [-0.39, 0.29) is 10.6 Å². The van der Waals surface area contributed by atoms with E-state index in [0.29, 0.717) is 15.9 Å². The van der Waals surface area contributed by atoms with Crippen molar-refractivity contribution in [2.24, 2.45) is 0 Å². The molecule has 0 amide bonds. The van der Waals surface area contributed by atoms with E-state index in [9.17, 15) is 4.39 Å². The number of imidazole rings is 1. The van der Waals surface area contributed by atoms with Crippen molar-refractivity contribution < 1.29 is 4.39 Å². The summed E-state index contributed by atoms with van der Waals surface area (Å²) in [5.41, 5.74) is 7.57. The molecular weight excluding hydrogens is 341 g/mol. The number of anilines is 1. The van der Waals surface area contributed by atoms with Gasteiger partial charge in [0.15, 0.2) is 0 Å². The zero-order valence-corrected chi connectivity index (χ0v) is 13.7. The number of nitrogens with two attached hydrogens (primary N) is 1. The van der Waals surface area contributed by atoms with Crippen LogP contribution in [0.2, 0.25) is 0 Å². The quantitative estimate of drug-likeness (QED) is 0.895. The molecular formula is C14H17BrFN3S. The van der Waals surface area contributed by atoms with Gasteiger partial charge in [0.05, 0.1) is 15.5 Å². The lowest BCUT2D eigenvalue weighted by molar-refractivity contribution is 0.518. The summed E-state index contributed by atoms with van der Waals surface area (Å²) in [6, 6.07) is 3.21. The van der Waals surface area contributed by atoms with Crippen molar-refractivity contribution in [1.29, 1.82) is 0 Å². The zero-order chi connectivity index (χ0) is 14.3. The molecule has 20 heavy (non-hydrogen) atoms. The Hall–Kier alpha value is -0.750. The first-order valence-electron chi connectivity index (χ1n) is 6.71. The van der Waals surface area contributed by atoms with E-state index < -0.39 is 0 Å². The zero-order valence-electron chi connectivity index (χ0n) is 11.3. The molecule has 1 aliphatic rings. The van der Waals surface area contributed by atoms with Crippen LogP contribution in [0, 0.1) is 5.82 Å². The fourth-order valence-corrected chi connectivity index (χ4v) is 4.33. The van der Waals surface area contributed by atoms with Gasteiger partial charge in [-0.1, -0.05) is 12.8 Å². The van der Waals surface area contributed by atoms with Crippen LogP contribution in [-0.2, 0) is 6.54 Å². The molecule has 0 bridgehead atoms. The van der Waals surface area contributed by atoms with Crippen molar-refractivity contribution in [3.05, 3.63) is 22.4 Å². The second-order valence-electron chi connectivity index (χ2n) is 5.41. The number of thioether (sulfide) groups is 1. The summed E-state index contributed by atoms with van der Waals surface area (Å²) in [5.74, 6) is 0.167. The average molecular weight is 358 g/mol. The third kappa shape index (κ3) is 2.33. The minimum Gasteiger partial charge on any atom is -0.369 e. The van der Waals surface area contributed by atoms with Gasteiger partial charge in [-0.3, -0.25) is 0 Å². The molecule has 0 radical (unpaired) electrons. The van der Waals surface area contributed by atoms with Crippen LogP contribution < -0.4 is 5.73 Å². The van der Waals surface area contributed by atoms with Crippen molar-refractivity contribution in [1.82, 2.24) is 9.55 Å². The number of hydrogen-bond donors (Lipinski definition) is 1. The molecule has 0 aliphatic heterocycles. The molecule has 0 unspecified atom stereocenters. The maximum absolute atomic E-state index is 13.6. The van der Waals surface area contributed by atoms with E-state index in [0.717, 1.165) is 12.1 Å². The minimum absolute atomic E-state index is 0.239. The number of fused-ring (bicyclic) bond motifs is 1. The van der Waals surface area contributed by atoms with Crippen LogP contribution in [0.5, 0.6) is 0 Å². The fraction of sp³-hybridized carbons (Fsp3) is 0.500. The number of nitrogen functional groups attached to an aromatic ring is 1. The first-order chi connectivity index (χ1) is 9.54. The molecule has 1 fully saturated rings. The molecule has 1 aromatic heterocycles. The number of rotatable bonds is 3. The molecule has 0 spiro atoms. The Bertz CT molecular complexity index is 649. The minimum atomic E-state index is -0.303. The smallest absolute Gasteiger partial charge is 0.201 e. The molecule has 3 nitrogen and oxygen atoms in total. The lowest BCUT2D eigenvalue weighted by Gasteiger charge is -2.27. The number of halogens is 2. The lowest BCUT2D eigenvalue weighted by Crippen LogP contribution is -2.27. The van der Waals surface area contributed by atoms with Gasteiger partial charge in [0, 0.05) is 17.4 Å². The Labute approximate surface area is 130 Å². The standard InChI is InChI=1S/C14H17BrFN3S/c1-20-14(4-2-3-5-14)8-19-12-6-9(15)10(16)7-11(12)18-13(19)17/h6-7H,2-5,8H2,1H3,(H2,17,18). The Kier molecular flexibility index (Phi) is 3.71. The second kappa shape index (κ2) is 5.22. The van der Waals surface area contributed by atoms with Crippen LogP contribution in [0.4, 0.5) is 10.3 Å². The van der Waals surface area contributed by atoms with Crippen LogP contribution in [0.25, 0.3) is 11.0 Å². The van der Waals surface area contributed by atoms with Crippen LogP contribution >= 0.6 is 27.7 Å². The average Bonchev–Trinajstić information content (AvgIpc) is 2.99. The van der Waals surface area contributed by atoms with E-state index >= 15 is 0 Å². The van der Waals surface area contributed by atoms with Gasteiger partial charge < -0.3 is 10.3 Å². The van der Waals surface area contributed by atoms with Gasteiger partial charge in [-0.25, -0.2) is 9.37 Å². The Morgan fingerprint density at radius 1 is 1.45 bits per heavy atom. The first kappa shape index (κ1) is 14.2. The molecule has 0 atom stereocenters. The molecule has 2 aromatic rings. The summed E-state index contributed by atoms with van der Waals surface area (Å²) in [6.07, 6.45) is 7.11. The molecule has 1 aromatic carbocycles. The molecule has 108 valence electrons. The molecule has 2 N–H and O–H groups in total. The van der Waals surface area contributed by atoms with Crippen molar-refractivity contribution >= 4 is 44.7 Å². The monoisotopic (exact) mass is 357 g/mol. The van der Waals surface area contributed by atoms with E-state index in [2.05, 4.69) is 27.2 Å². The van der Waals surface area contributed by atoms with Crippen LogP contribution in [0.3, 0.4) is 0 Å². The highest BCUT2D eigenvalue weighted by atomic mass is 79.9. The SMILES string of the molecule is CSC1(Cn2c(N)nc3cc(F)c(Br)cc32)CCCC1. The van der Waals surface area contributed by atoms with Gasteiger partial charge >= 0.3 is 0 Å². The Balaban J connectivity index is 2.06. The maximum Gasteiger partial charge on any atom is 0.201 e. The van der Waals surface area contributed by atoms with Gasteiger partial charge in [-0.2, -0.15) is 11.8 Å². The lowest BCUT2D eigenvalue weighted by atomic mass is 10.1. The van der Waals surface area contributed by atoms with E-state index in [1.165, 1.54) is 31.7 Å². The van der Waals surface area contributed by atoms with Crippen LogP contribution in [0.15, 0.2) is 16.6 Å². The van der Waals surface area contributed by atoms with Gasteiger partial charge in [-0.05, 0) is 41.1 Å². The van der Waals surface area contributed by atoms with Crippen LogP contribution in [-0.4, -0.2) is 20.6 Å². The van der Waals surface area contributed by atoms with Crippen molar-refractivity contribution in [2.75, 3.05) is 12.0 Å². The molecule has 1 aliphatic carbocycles. The van der Waals surface area contributed by atoms with Gasteiger partial charge in [0.25, 0.3) is 0 Å². The largest absolute Gasteiger partial charge is 0.369 e. The van der Waals surface area contributed by atoms with E-state index in [1.54, 1.807) is 6.07 Å². The Morgan fingerprint density at radius 2 is 2.15 bits per heavy atom. The fourth-order valence-electron chi connectivity index (χ4n) is 3.04. The van der Waals surface area contributed by atoms with E-state index in [4.69, 9.17) is 5.73 Å². The van der Waals surface area contributed by atoms with Gasteiger partial charge in [0.1, 0.15) is 5.82 Å². The van der Waals surface area contributed by atoms with E-state index in [1.807, 2.05) is 16.3 Å². The van der Waals surface area contributed by atoms with Crippen molar-refractivity contribution in [3.8, 4) is 0 Å². The molecule has 1 heterocycles.